The Morgan fingerprint density at radius 1 is 1.12 bits per heavy atom. The van der Waals surface area contributed by atoms with Gasteiger partial charge in [0.15, 0.2) is 0 Å². The standard InChI is InChI=1S/C18H18F4N2O/c1-24(2)16(13-6-4-8-15(19)10-13)17(25)23-11-12-5-3-7-14(9-12)18(20,21)22/h3-10,16H,11H2,1-2H3,(H,23,25)/t16-/m1/s1. The summed E-state index contributed by atoms with van der Waals surface area (Å²) in [5.74, 6) is -0.886. The van der Waals surface area contributed by atoms with Gasteiger partial charge >= 0.3 is 6.18 Å². The van der Waals surface area contributed by atoms with Crippen LogP contribution in [0.2, 0.25) is 0 Å². The molecule has 0 saturated carbocycles. The van der Waals surface area contributed by atoms with E-state index in [-0.39, 0.29) is 6.54 Å². The smallest absolute Gasteiger partial charge is 0.350 e. The Balaban J connectivity index is 2.12. The normalized spacial score (nSPS) is 12.9. The molecule has 134 valence electrons. The molecule has 0 unspecified atom stereocenters. The Labute approximate surface area is 143 Å². The lowest BCUT2D eigenvalue weighted by Gasteiger charge is -2.24. The van der Waals surface area contributed by atoms with Crippen LogP contribution >= 0.6 is 0 Å². The first-order valence-corrected chi connectivity index (χ1v) is 7.54. The van der Waals surface area contributed by atoms with E-state index in [2.05, 4.69) is 5.32 Å². The minimum absolute atomic E-state index is 0.0532. The fourth-order valence-electron chi connectivity index (χ4n) is 2.50. The van der Waals surface area contributed by atoms with Crippen LogP contribution in [0.1, 0.15) is 22.7 Å². The van der Waals surface area contributed by atoms with Crippen LogP contribution in [-0.4, -0.2) is 24.9 Å². The molecule has 0 spiro atoms. The predicted octanol–water partition coefficient (Wildman–Crippen LogP) is 3.76. The van der Waals surface area contributed by atoms with E-state index < -0.39 is 29.5 Å². The maximum atomic E-state index is 13.4. The quantitative estimate of drug-likeness (QED) is 0.829. The van der Waals surface area contributed by atoms with Gasteiger partial charge in [-0.3, -0.25) is 9.69 Å². The molecule has 0 aromatic heterocycles. The number of likely N-dealkylation sites (N-methyl/N-ethyl adjacent to an activating group) is 1. The summed E-state index contributed by atoms with van der Waals surface area (Å²) in [4.78, 5) is 14.1. The number of carbonyl (C=O) groups is 1. The number of nitrogens with one attached hydrogen (secondary N) is 1. The van der Waals surface area contributed by atoms with Crippen molar-refractivity contribution < 1.29 is 22.4 Å². The van der Waals surface area contributed by atoms with Crippen LogP contribution in [0, 0.1) is 5.82 Å². The first kappa shape index (κ1) is 18.9. The summed E-state index contributed by atoms with van der Waals surface area (Å²) in [6.07, 6.45) is -4.44. The van der Waals surface area contributed by atoms with Crippen molar-refractivity contribution in [2.75, 3.05) is 14.1 Å². The Bertz CT molecular complexity index is 744. The summed E-state index contributed by atoms with van der Waals surface area (Å²) in [5.41, 5.74) is 0.0278. The van der Waals surface area contributed by atoms with Crippen molar-refractivity contribution in [3.63, 3.8) is 0 Å². The van der Waals surface area contributed by atoms with Crippen molar-refractivity contribution in [2.24, 2.45) is 0 Å². The molecule has 3 nitrogen and oxygen atoms in total. The van der Waals surface area contributed by atoms with Crippen LogP contribution in [0.15, 0.2) is 48.5 Å². The zero-order valence-corrected chi connectivity index (χ0v) is 13.8. The van der Waals surface area contributed by atoms with E-state index >= 15 is 0 Å². The van der Waals surface area contributed by atoms with Crippen LogP contribution < -0.4 is 5.32 Å². The molecule has 1 amide bonds. The average molecular weight is 354 g/mol. The molecule has 0 bridgehead atoms. The molecule has 2 aromatic carbocycles. The fraction of sp³-hybridized carbons (Fsp3) is 0.278. The van der Waals surface area contributed by atoms with Gasteiger partial charge in [0, 0.05) is 6.54 Å². The van der Waals surface area contributed by atoms with Crippen LogP contribution in [0.3, 0.4) is 0 Å². The van der Waals surface area contributed by atoms with Crippen molar-refractivity contribution in [1.29, 1.82) is 0 Å². The first-order valence-electron chi connectivity index (χ1n) is 7.54. The number of carbonyl (C=O) groups excluding carboxylic acids is 1. The molecule has 0 heterocycles. The van der Waals surface area contributed by atoms with Gasteiger partial charge in [0.25, 0.3) is 0 Å². The number of hydrogen-bond donors (Lipinski definition) is 1. The summed E-state index contributed by atoms with van der Waals surface area (Å²) in [6.45, 7) is -0.0532. The third kappa shape index (κ3) is 5.03. The third-order valence-electron chi connectivity index (χ3n) is 3.65. The minimum atomic E-state index is -4.44. The molecule has 2 aromatic rings. The van der Waals surface area contributed by atoms with E-state index in [4.69, 9.17) is 0 Å². The second-order valence-corrected chi connectivity index (χ2v) is 5.84. The summed E-state index contributed by atoms with van der Waals surface area (Å²) in [7, 11) is 3.33. The second kappa shape index (κ2) is 7.65. The van der Waals surface area contributed by atoms with Gasteiger partial charge in [0.2, 0.25) is 5.91 Å². The highest BCUT2D eigenvalue weighted by atomic mass is 19.4. The minimum Gasteiger partial charge on any atom is -0.350 e. The van der Waals surface area contributed by atoms with Crippen LogP contribution in [0.25, 0.3) is 0 Å². The molecule has 0 radical (unpaired) electrons. The van der Waals surface area contributed by atoms with Gasteiger partial charge in [-0.1, -0.05) is 24.3 Å². The number of hydrogen-bond acceptors (Lipinski definition) is 2. The maximum absolute atomic E-state index is 13.4. The topological polar surface area (TPSA) is 32.3 Å². The molecule has 0 fully saturated rings. The summed E-state index contributed by atoms with van der Waals surface area (Å²) < 4.78 is 51.6. The largest absolute Gasteiger partial charge is 0.416 e. The number of rotatable bonds is 5. The Morgan fingerprint density at radius 2 is 1.80 bits per heavy atom. The molecule has 25 heavy (non-hydrogen) atoms. The highest BCUT2D eigenvalue weighted by Gasteiger charge is 2.30. The fourth-order valence-corrected chi connectivity index (χ4v) is 2.50. The van der Waals surface area contributed by atoms with Gasteiger partial charge in [-0.05, 0) is 49.5 Å². The van der Waals surface area contributed by atoms with Gasteiger partial charge in [-0.15, -0.1) is 0 Å². The maximum Gasteiger partial charge on any atom is 0.416 e. The van der Waals surface area contributed by atoms with Gasteiger partial charge in [0.1, 0.15) is 11.9 Å². The average Bonchev–Trinajstić information content (AvgIpc) is 2.52. The van der Waals surface area contributed by atoms with E-state index in [0.717, 1.165) is 12.1 Å². The van der Waals surface area contributed by atoms with Crippen molar-refractivity contribution >= 4 is 5.91 Å². The van der Waals surface area contributed by atoms with E-state index in [1.54, 1.807) is 25.1 Å². The monoisotopic (exact) mass is 354 g/mol. The second-order valence-electron chi connectivity index (χ2n) is 5.84. The molecular weight excluding hydrogens is 336 g/mol. The van der Waals surface area contributed by atoms with E-state index in [1.807, 2.05) is 0 Å². The molecular formula is C18H18F4N2O. The molecule has 0 aliphatic heterocycles. The van der Waals surface area contributed by atoms with Gasteiger partial charge in [-0.2, -0.15) is 13.2 Å². The van der Waals surface area contributed by atoms with Crippen LogP contribution in [0.4, 0.5) is 17.6 Å². The third-order valence-corrected chi connectivity index (χ3v) is 3.65. The first-order chi connectivity index (χ1) is 11.7. The highest BCUT2D eigenvalue weighted by molar-refractivity contribution is 5.83. The lowest BCUT2D eigenvalue weighted by molar-refractivity contribution is -0.137. The Morgan fingerprint density at radius 3 is 2.40 bits per heavy atom. The number of halogens is 4. The molecule has 0 aliphatic carbocycles. The lowest BCUT2D eigenvalue weighted by Crippen LogP contribution is -2.36. The highest BCUT2D eigenvalue weighted by Crippen LogP contribution is 2.29. The van der Waals surface area contributed by atoms with Gasteiger partial charge < -0.3 is 5.32 Å². The van der Waals surface area contributed by atoms with Crippen molar-refractivity contribution in [3.05, 3.63) is 71.0 Å². The molecule has 1 atom stereocenters. The van der Waals surface area contributed by atoms with Gasteiger partial charge in [-0.25, -0.2) is 4.39 Å². The summed E-state index contributed by atoms with van der Waals surface area (Å²) >= 11 is 0. The van der Waals surface area contributed by atoms with E-state index in [0.29, 0.717) is 11.1 Å². The predicted molar refractivity (Wildman–Crippen MR) is 86.1 cm³/mol. The number of amides is 1. The Hall–Kier alpha value is -2.41. The Kier molecular flexibility index (Phi) is 5.79. The number of nitrogens with zero attached hydrogens (tertiary/aromatic N) is 1. The van der Waals surface area contributed by atoms with Crippen molar-refractivity contribution in [2.45, 2.75) is 18.8 Å². The molecule has 1 N–H and O–H groups in total. The molecule has 0 aliphatic rings. The summed E-state index contributed by atoms with van der Waals surface area (Å²) in [6, 6.07) is 9.67. The zero-order chi connectivity index (χ0) is 18.6. The van der Waals surface area contributed by atoms with Crippen molar-refractivity contribution in [3.8, 4) is 0 Å². The van der Waals surface area contributed by atoms with Crippen LogP contribution in [-0.2, 0) is 17.5 Å². The zero-order valence-electron chi connectivity index (χ0n) is 13.8. The van der Waals surface area contributed by atoms with E-state index in [9.17, 15) is 22.4 Å². The number of benzene rings is 2. The van der Waals surface area contributed by atoms with E-state index in [1.165, 1.54) is 30.3 Å². The molecule has 2 rings (SSSR count). The molecule has 7 heteroatoms. The summed E-state index contributed by atoms with van der Waals surface area (Å²) in [5, 5.41) is 2.61. The number of alkyl halides is 3. The molecule has 0 saturated heterocycles. The van der Waals surface area contributed by atoms with Crippen LogP contribution in [0.5, 0.6) is 0 Å². The van der Waals surface area contributed by atoms with Gasteiger partial charge in [0.05, 0.1) is 5.56 Å². The lowest BCUT2D eigenvalue weighted by atomic mass is 10.0. The SMILES string of the molecule is CN(C)[C@@H](C(=O)NCc1cccc(C(F)(F)F)c1)c1cccc(F)c1. The van der Waals surface area contributed by atoms with Crippen molar-refractivity contribution in [1.82, 2.24) is 10.2 Å².